The predicted molar refractivity (Wildman–Crippen MR) is 96.1 cm³/mol. The number of unbranched alkanes of at least 4 members (excludes halogenated alkanes) is 3. The maximum absolute atomic E-state index is 5.26. The summed E-state index contributed by atoms with van der Waals surface area (Å²) >= 11 is 0. The minimum absolute atomic E-state index is 0.911. The molecule has 0 aliphatic rings. The molecule has 0 radical (unpaired) electrons. The lowest BCUT2D eigenvalue weighted by Crippen LogP contribution is -1.88. The van der Waals surface area contributed by atoms with Crippen molar-refractivity contribution in [2.45, 2.75) is 39.0 Å². The number of methoxy groups -OCH3 is 1. The Labute approximate surface area is 134 Å². The van der Waals surface area contributed by atoms with Crippen molar-refractivity contribution in [3.05, 3.63) is 65.7 Å². The first kappa shape index (κ1) is 16.4. The molecule has 0 aliphatic carbocycles. The summed E-state index contributed by atoms with van der Waals surface area (Å²) < 4.78 is 5.26. The van der Waals surface area contributed by atoms with E-state index in [1.807, 2.05) is 12.1 Å². The standard InChI is InChI=1S/C21H26O/c1-3-4-5-9-12-20(17-18-10-7-6-8-11-18)19-13-15-21(22-2)16-14-19/h6-8,10-11,13-17H,3-5,9,12H2,1-2H3/b20-17-. The fourth-order valence-corrected chi connectivity index (χ4v) is 2.60. The first-order valence-electron chi connectivity index (χ1n) is 8.23. The largest absolute Gasteiger partial charge is 0.497 e. The highest BCUT2D eigenvalue weighted by Crippen LogP contribution is 2.26. The Hall–Kier alpha value is -2.02. The number of hydrogen-bond acceptors (Lipinski definition) is 1. The van der Waals surface area contributed by atoms with Gasteiger partial charge in [-0.3, -0.25) is 0 Å². The van der Waals surface area contributed by atoms with Crippen molar-refractivity contribution in [2.75, 3.05) is 7.11 Å². The van der Waals surface area contributed by atoms with E-state index < -0.39 is 0 Å². The van der Waals surface area contributed by atoms with Crippen LogP contribution in [0.25, 0.3) is 11.6 Å². The zero-order valence-corrected chi connectivity index (χ0v) is 13.7. The number of hydrogen-bond donors (Lipinski definition) is 0. The summed E-state index contributed by atoms with van der Waals surface area (Å²) in [5, 5.41) is 0. The number of allylic oxidation sites excluding steroid dienone is 1. The second-order valence-electron chi connectivity index (χ2n) is 5.62. The molecule has 2 rings (SSSR count). The maximum atomic E-state index is 5.26. The third kappa shape index (κ3) is 5.07. The molecule has 0 atom stereocenters. The van der Waals surface area contributed by atoms with Crippen LogP contribution in [0.4, 0.5) is 0 Å². The molecule has 0 saturated carbocycles. The van der Waals surface area contributed by atoms with Gasteiger partial charge in [-0.25, -0.2) is 0 Å². The molecular weight excluding hydrogens is 268 g/mol. The smallest absolute Gasteiger partial charge is 0.118 e. The molecule has 0 bridgehead atoms. The molecule has 0 fully saturated rings. The van der Waals surface area contributed by atoms with E-state index in [0.29, 0.717) is 0 Å². The second-order valence-corrected chi connectivity index (χ2v) is 5.62. The van der Waals surface area contributed by atoms with E-state index in [2.05, 4.69) is 55.5 Å². The SMILES string of the molecule is CCCCCC/C(=C/c1ccccc1)c1ccc(OC)cc1. The van der Waals surface area contributed by atoms with Crippen molar-refractivity contribution in [1.29, 1.82) is 0 Å². The Bertz CT molecular complexity index is 567. The van der Waals surface area contributed by atoms with Gasteiger partial charge in [0.2, 0.25) is 0 Å². The van der Waals surface area contributed by atoms with Crippen molar-refractivity contribution in [2.24, 2.45) is 0 Å². The molecule has 22 heavy (non-hydrogen) atoms. The lowest BCUT2D eigenvalue weighted by Gasteiger charge is -2.10. The molecule has 0 aromatic heterocycles. The van der Waals surface area contributed by atoms with Crippen LogP contribution in [0.1, 0.15) is 50.2 Å². The monoisotopic (exact) mass is 294 g/mol. The topological polar surface area (TPSA) is 9.23 Å². The summed E-state index contributed by atoms with van der Waals surface area (Å²) in [6.07, 6.45) is 8.59. The summed E-state index contributed by atoms with van der Waals surface area (Å²) in [6, 6.07) is 19.0. The number of benzene rings is 2. The van der Waals surface area contributed by atoms with Crippen LogP contribution in [0.15, 0.2) is 54.6 Å². The lowest BCUT2D eigenvalue weighted by molar-refractivity contribution is 0.415. The summed E-state index contributed by atoms with van der Waals surface area (Å²) in [7, 11) is 1.71. The molecule has 0 heterocycles. The van der Waals surface area contributed by atoms with E-state index in [0.717, 1.165) is 12.2 Å². The third-order valence-electron chi connectivity index (χ3n) is 3.90. The Morgan fingerprint density at radius 2 is 1.64 bits per heavy atom. The van der Waals surface area contributed by atoms with E-state index in [9.17, 15) is 0 Å². The lowest BCUT2D eigenvalue weighted by atomic mass is 9.97. The van der Waals surface area contributed by atoms with Gasteiger partial charge in [0.15, 0.2) is 0 Å². The summed E-state index contributed by atoms with van der Waals surface area (Å²) in [4.78, 5) is 0. The minimum atomic E-state index is 0.911. The zero-order valence-electron chi connectivity index (χ0n) is 13.7. The summed E-state index contributed by atoms with van der Waals surface area (Å²) in [5.74, 6) is 0.911. The van der Waals surface area contributed by atoms with Crippen LogP contribution >= 0.6 is 0 Å². The van der Waals surface area contributed by atoms with Gasteiger partial charge in [-0.1, -0.05) is 74.7 Å². The van der Waals surface area contributed by atoms with Gasteiger partial charge < -0.3 is 4.74 Å². The number of ether oxygens (including phenoxy) is 1. The van der Waals surface area contributed by atoms with Gasteiger partial charge in [-0.05, 0) is 41.7 Å². The minimum Gasteiger partial charge on any atom is -0.497 e. The van der Waals surface area contributed by atoms with Crippen LogP contribution in [0.5, 0.6) is 5.75 Å². The van der Waals surface area contributed by atoms with Crippen molar-refractivity contribution >= 4 is 11.6 Å². The molecule has 2 aromatic rings. The highest BCUT2D eigenvalue weighted by atomic mass is 16.5. The summed E-state index contributed by atoms with van der Waals surface area (Å²) in [6.45, 7) is 2.25. The van der Waals surface area contributed by atoms with Crippen LogP contribution in [0.2, 0.25) is 0 Å². The zero-order chi connectivity index (χ0) is 15.6. The Kier molecular flexibility index (Phi) is 6.76. The Balaban J connectivity index is 2.18. The van der Waals surface area contributed by atoms with Gasteiger partial charge >= 0.3 is 0 Å². The van der Waals surface area contributed by atoms with Gasteiger partial charge in [0.05, 0.1) is 7.11 Å². The Morgan fingerprint density at radius 1 is 0.909 bits per heavy atom. The molecule has 0 amide bonds. The van der Waals surface area contributed by atoms with Gasteiger partial charge in [0.1, 0.15) is 5.75 Å². The Morgan fingerprint density at radius 3 is 2.27 bits per heavy atom. The van der Waals surface area contributed by atoms with Crippen molar-refractivity contribution in [3.63, 3.8) is 0 Å². The normalized spacial score (nSPS) is 11.5. The van der Waals surface area contributed by atoms with Gasteiger partial charge in [0, 0.05) is 0 Å². The first-order valence-corrected chi connectivity index (χ1v) is 8.23. The van der Waals surface area contributed by atoms with Gasteiger partial charge in [-0.15, -0.1) is 0 Å². The van der Waals surface area contributed by atoms with Crippen molar-refractivity contribution < 1.29 is 4.74 Å². The molecule has 2 aromatic carbocycles. The molecule has 0 unspecified atom stereocenters. The van der Waals surface area contributed by atoms with Crippen molar-refractivity contribution in [3.8, 4) is 5.75 Å². The van der Waals surface area contributed by atoms with E-state index in [1.165, 1.54) is 42.4 Å². The highest BCUT2D eigenvalue weighted by Gasteiger charge is 2.03. The van der Waals surface area contributed by atoms with E-state index in [1.54, 1.807) is 7.11 Å². The van der Waals surface area contributed by atoms with Crippen molar-refractivity contribution in [1.82, 2.24) is 0 Å². The third-order valence-corrected chi connectivity index (χ3v) is 3.90. The van der Waals surface area contributed by atoms with Crippen LogP contribution in [0.3, 0.4) is 0 Å². The molecule has 1 heteroatoms. The molecule has 0 aliphatic heterocycles. The maximum Gasteiger partial charge on any atom is 0.118 e. The number of rotatable bonds is 8. The average Bonchev–Trinajstić information content (AvgIpc) is 2.59. The van der Waals surface area contributed by atoms with Gasteiger partial charge in [-0.2, -0.15) is 0 Å². The molecule has 1 nitrogen and oxygen atoms in total. The molecular formula is C21H26O. The average molecular weight is 294 g/mol. The van der Waals surface area contributed by atoms with Crippen LogP contribution in [0, 0.1) is 0 Å². The second kappa shape index (κ2) is 9.09. The fourth-order valence-electron chi connectivity index (χ4n) is 2.60. The van der Waals surface area contributed by atoms with E-state index in [-0.39, 0.29) is 0 Å². The highest BCUT2D eigenvalue weighted by molar-refractivity contribution is 5.81. The van der Waals surface area contributed by atoms with Crippen LogP contribution in [-0.2, 0) is 0 Å². The molecule has 0 N–H and O–H groups in total. The fraction of sp³-hybridized carbons (Fsp3) is 0.333. The summed E-state index contributed by atoms with van der Waals surface area (Å²) in [5.41, 5.74) is 3.97. The van der Waals surface area contributed by atoms with Crippen LogP contribution in [-0.4, -0.2) is 7.11 Å². The van der Waals surface area contributed by atoms with Crippen LogP contribution < -0.4 is 4.74 Å². The van der Waals surface area contributed by atoms with Gasteiger partial charge in [0.25, 0.3) is 0 Å². The molecule has 0 spiro atoms. The van der Waals surface area contributed by atoms with E-state index >= 15 is 0 Å². The molecule has 0 saturated heterocycles. The predicted octanol–water partition coefficient (Wildman–Crippen LogP) is 6.21. The first-order chi connectivity index (χ1) is 10.8. The molecule has 116 valence electrons. The van der Waals surface area contributed by atoms with E-state index in [4.69, 9.17) is 4.74 Å². The quantitative estimate of drug-likeness (QED) is 0.415.